The molecule has 386 valence electrons. The fourth-order valence-corrected chi connectivity index (χ4v) is 6.53. The Morgan fingerprint density at radius 2 is 0.946 bits per heavy atom. The van der Waals surface area contributed by atoms with Crippen LogP contribution in [0.15, 0.2) is 163 Å². The third kappa shape index (κ3) is 20.6. The number of ether oxygens (including phenoxy) is 5. The highest BCUT2D eigenvalue weighted by Gasteiger charge is 2.27. The summed E-state index contributed by atoms with van der Waals surface area (Å²) in [5.41, 5.74) is 12.4. The Morgan fingerprint density at radius 3 is 1.41 bits per heavy atom. The van der Waals surface area contributed by atoms with Crippen molar-refractivity contribution in [3.8, 4) is 23.0 Å². The number of aromatic hydroxyl groups is 1. The second-order valence-electron chi connectivity index (χ2n) is 16.2. The third-order valence-electron chi connectivity index (χ3n) is 10.3. The Bertz CT molecular complexity index is 2790. The highest BCUT2D eigenvalue weighted by molar-refractivity contribution is 5.92. The van der Waals surface area contributed by atoms with Crippen LogP contribution in [0.5, 0.6) is 23.0 Å². The summed E-state index contributed by atoms with van der Waals surface area (Å²) in [6.45, 7) is 1.45. The second kappa shape index (κ2) is 27.9. The smallest absolute Gasteiger partial charge is 0.389 e. The molecule has 3 N–H and O–H groups in total. The number of alkyl halides is 6. The van der Waals surface area contributed by atoms with Crippen LogP contribution < -0.4 is 19.9 Å². The minimum Gasteiger partial charge on any atom is -0.508 e. The van der Waals surface area contributed by atoms with Gasteiger partial charge >= 0.3 is 30.3 Å². The Labute approximate surface area is 423 Å². The molecule has 6 rings (SSSR count). The number of phenolic OH excluding ortho intramolecular Hbond substituents is 1. The predicted molar refractivity (Wildman–Crippen MR) is 267 cm³/mol. The van der Waals surface area contributed by atoms with Crippen LogP contribution >= 0.6 is 0 Å². The summed E-state index contributed by atoms with van der Waals surface area (Å²) in [7, 11) is 0. The Kier molecular flexibility index (Phi) is 21.2. The van der Waals surface area contributed by atoms with E-state index in [2.05, 4.69) is 0 Å². The summed E-state index contributed by atoms with van der Waals surface area (Å²) >= 11 is 0. The van der Waals surface area contributed by atoms with E-state index in [9.17, 15) is 50.6 Å². The van der Waals surface area contributed by atoms with Crippen molar-refractivity contribution in [1.29, 1.82) is 0 Å². The molecule has 6 aromatic rings. The van der Waals surface area contributed by atoms with Gasteiger partial charge in [0.25, 0.3) is 0 Å². The van der Waals surface area contributed by atoms with E-state index >= 15 is 0 Å². The van der Waals surface area contributed by atoms with E-state index in [1.165, 1.54) is 54.6 Å². The van der Waals surface area contributed by atoms with E-state index in [-0.39, 0.29) is 56.3 Å². The van der Waals surface area contributed by atoms with Crippen molar-refractivity contribution in [3.05, 3.63) is 202 Å². The molecule has 11 nitrogen and oxygen atoms in total. The van der Waals surface area contributed by atoms with Crippen LogP contribution in [0.4, 0.5) is 32.0 Å². The van der Waals surface area contributed by atoms with Crippen molar-refractivity contribution in [2.24, 2.45) is 0 Å². The largest absolute Gasteiger partial charge is 0.508 e. The van der Waals surface area contributed by atoms with Gasteiger partial charge in [0.2, 0.25) is 0 Å². The molecule has 6 aromatic carbocycles. The summed E-state index contributed by atoms with van der Waals surface area (Å²) < 4.78 is 99.5. The maximum absolute atomic E-state index is 13.0. The molecule has 0 heterocycles. The first-order chi connectivity index (χ1) is 35.3. The SMILES string of the molecule is Cc1ccc(/C(=C(\COC(=O)/C=C/c2ccc(O)cc2)COC(=O)/C=C/c2ccc(OC(=O)c3ccc(OCCCC(F)(F)F)cc3)cc2)c2ccc(N)cc2)cc1.O=Cc1ccc(OCCCC(F)(F)F)cc1. The van der Waals surface area contributed by atoms with Gasteiger partial charge in [-0.15, -0.1) is 0 Å². The van der Waals surface area contributed by atoms with Gasteiger partial charge in [-0.3, -0.25) is 4.79 Å². The highest BCUT2D eigenvalue weighted by Crippen LogP contribution is 2.30. The number of carbonyl (C=O) groups is 4. The van der Waals surface area contributed by atoms with Gasteiger partial charge in [-0.1, -0.05) is 66.2 Å². The second-order valence-corrected chi connectivity index (χ2v) is 16.2. The number of hydrogen-bond acceptors (Lipinski definition) is 11. The minimum atomic E-state index is -4.25. The van der Waals surface area contributed by atoms with Crippen LogP contribution in [0.1, 0.15) is 74.2 Å². The van der Waals surface area contributed by atoms with Crippen LogP contribution in [0.3, 0.4) is 0 Å². The van der Waals surface area contributed by atoms with Gasteiger partial charge in [0, 0.05) is 41.8 Å². The number of rotatable bonds is 21. The first kappa shape index (κ1) is 56.3. The molecular formula is C57H51F6NO10. The topological polar surface area (TPSA) is 161 Å². The van der Waals surface area contributed by atoms with Crippen molar-refractivity contribution in [3.63, 3.8) is 0 Å². The standard InChI is InChI=1S/C46H40F3NO8.C11H11F3O2/c1-31-3-11-34(12-4-31)44(35-13-17-38(50)18-14-35)37(29-56-42(52)25-9-32-5-19-39(51)20-6-32)30-57-43(53)26-10-33-7-21-41(22-8-33)58-45(54)36-15-23-40(24-16-36)55-28-2-27-46(47,48)49;12-11(13,14)6-1-7-16-10-4-2-9(8-15)3-5-10/h3-26,51H,2,27-30,50H2,1H3;2-5,8H,1,6-7H2/b25-9+,26-10+,44-37-;. The molecule has 0 aromatic heterocycles. The summed E-state index contributed by atoms with van der Waals surface area (Å²) in [4.78, 5) is 48.8. The fraction of sp³-hybridized carbons (Fsp3) is 0.193. The lowest BCUT2D eigenvalue weighted by molar-refractivity contribution is -0.138. The molecule has 0 spiro atoms. The highest BCUT2D eigenvalue weighted by atomic mass is 19.4. The summed E-state index contributed by atoms with van der Waals surface area (Å²) in [6, 6.07) is 39.6. The van der Waals surface area contributed by atoms with Crippen molar-refractivity contribution in [2.75, 3.05) is 32.2 Å². The van der Waals surface area contributed by atoms with Gasteiger partial charge < -0.3 is 34.5 Å². The summed E-state index contributed by atoms with van der Waals surface area (Å²) in [6.07, 6.45) is -4.14. The van der Waals surface area contributed by atoms with Crippen LogP contribution in [-0.2, 0) is 19.1 Å². The minimum absolute atomic E-state index is 0.0138. The molecule has 0 bridgehead atoms. The molecular weight excluding hydrogens is 973 g/mol. The monoisotopic (exact) mass is 1020 g/mol. The molecule has 0 atom stereocenters. The molecule has 0 aliphatic carbocycles. The molecule has 0 aliphatic heterocycles. The van der Waals surface area contributed by atoms with E-state index in [4.69, 9.17) is 29.4 Å². The van der Waals surface area contributed by atoms with Gasteiger partial charge in [0.15, 0.2) is 0 Å². The van der Waals surface area contributed by atoms with E-state index in [0.29, 0.717) is 51.3 Å². The Morgan fingerprint density at radius 1 is 0.541 bits per heavy atom. The lowest BCUT2D eigenvalue weighted by atomic mass is 9.92. The van der Waals surface area contributed by atoms with E-state index in [1.807, 2.05) is 43.3 Å². The maximum Gasteiger partial charge on any atom is 0.389 e. The molecule has 0 amide bonds. The molecule has 0 aliphatic rings. The number of aryl methyl sites for hydroxylation is 1. The van der Waals surface area contributed by atoms with Crippen molar-refractivity contribution in [2.45, 2.75) is 45.0 Å². The van der Waals surface area contributed by atoms with Gasteiger partial charge in [0.1, 0.15) is 42.5 Å². The first-order valence-electron chi connectivity index (χ1n) is 22.8. The number of benzene rings is 6. The molecule has 0 unspecified atom stereocenters. The van der Waals surface area contributed by atoms with Crippen molar-refractivity contribution >= 4 is 47.6 Å². The van der Waals surface area contributed by atoms with Gasteiger partial charge in [-0.2, -0.15) is 26.3 Å². The number of halogens is 6. The van der Waals surface area contributed by atoms with Gasteiger partial charge in [0.05, 0.1) is 18.8 Å². The number of carbonyl (C=O) groups excluding carboxylic acids is 4. The maximum atomic E-state index is 13.0. The normalized spacial score (nSPS) is 11.8. The first-order valence-corrected chi connectivity index (χ1v) is 22.8. The van der Waals surface area contributed by atoms with Crippen LogP contribution in [0, 0.1) is 6.92 Å². The predicted octanol–water partition coefficient (Wildman–Crippen LogP) is 12.8. The average Bonchev–Trinajstić information content (AvgIpc) is 3.38. The van der Waals surface area contributed by atoms with Gasteiger partial charge in [-0.25, -0.2) is 14.4 Å². The molecule has 74 heavy (non-hydrogen) atoms. The van der Waals surface area contributed by atoms with E-state index < -0.39 is 43.1 Å². The molecule has 0 fully saturated rings. The molecule has 0 radical (unpaired) electrons. The lowest BCUT2D eigenvalue weighted by Gasteiger charge is -2.17. The number of nitrogen functional groups attached to an aromatic ring is 1. The van der Waals surface area contributed by atoms with E-state index in [1.54, 1.807) is 78.9 Å². The van der Waals surface area contributed by atoms with Crippen LogP contribution in [0.25, 0.3) is 17.7 Å². The third-order valence-corrected chi connectivity index (χ3v) is 10.3. The zero-order valence-corrected chi connectivity index (χ0v) is 39.9. The molecule has 0 saturated heterocycles. The van der Waals surface area contributed by atoms with Crippen LogP contribution in [0.2, 0.25) is 0 Å². The summed E-state index contributed by atoms with van der Waals surface area (Å²) in [5, 5.41) is 9.54. The number of nitrogens with two attached hydrogens (primary N) is 1. The zero-order chi connectivity index (χ0) is 53.5. The average molecular weight is 1020 g/mol. The fourth-order valence-electron chi connectivity index (χ4n) is 6.53. The zero-order valence-electron chi connectivity index (χ0n) is 39.9. The van der Waals surface area contributed by atoms with E-state index in [0.717, 1.165) is 16.7 Å². The summed E-state index contributed by atoms with van der Waals surface area (Å²) in [5.74, 6) is -0.813. The quantitative estimate of drug-likeness (QED) is 0.0134. The number of phenols is 1. The van der Waals surface area contributed by atoms with Gasteiger partial charge in [-0.05, 0) is 145 Å². The number of aldehydes is 1. The molecule has 17 heteroatoms. The Hall–Kier alpha value is -8.60. The van der Waals surface area contributed by atoms with Crippen molar-refractivity contribution in [1.82, 2.24) is 0 Å². The lowest BCUT2D eigenvalue weighted by Crippen LogP contribution is -2.14. The Balaban J connectivity index is 0.000000540. The van der Waals surface area contributed by atoms with Crippen molar-refractivity contribution < 1.29 is 74.3 Å². The van der Waals surface area contributed by atoms with Crippen LogP contribution in [-0.4, -0.2) is 68.1 Å². The number of hydrogen-bond donors (Lipinski definition) is 2. The molecule has 0 saturated carbocycles. The number of esters is 3. The number of anilines is 1.